The van der Waals surface area contributed by atoms with E-state index in [2.05, 4.69) is 83.3 Å². The van der Waals surface area contributed by atoms with E-state index in [0.29, 0.717) is 0 Å². The normalized spacial score (nSPS) is 12.3. The molecule has 2 aromatic rings. The molecule has 0 fully saturated rings. The van der Waals surface area contributed by atoms with E-state index in [1.807, 2.05) is 24.3 Å². The van der Waals surface area contributed by atoms with Gasteiger partial charge >= 0.3 is 0 Å². The molecule has 30 heavy (non-hydrogen) atoms. The van der Waals surface area contributed by atoms with Crippen LogP contribution in [0.2, 0.25) is 5.02 Å². The second kappa shape index (κ2) is 13.6. The molecule has 0 saturated heterocycles. The Labute approximate surface area is 199 Å². The Balaban J connectivity index is 1.88. The first-order chi connectivity index (χ1) is 14.5. The Kier molecular flexibility index (Phi) is 11.2. The van der Waals surface area contributed by atoms with Gasteiger partial charge in [-0.1, -0.05) is 23.7 Å². The van der Waals surface area contributed by atoms with Gasteiger partial charge in [-0.05, 0) is 79.9 Å². The van der Waals surface area contributed by atoms with Crippen molar-refractivity contribution in [1.82, 2.24) is 15.5 Å². The molecule has 7 heteroatoms. The summed E-state index contributed by atoms with van der Waals surface area (Å²) in [5.41, 5.74) is 2.18. The summed E-state index contributed by atoms with van der Waals surface area (Å²) in [4.78, 5) is 11.8. The first kappa shape index (κ1) is 24.6. The van der Waals surface area contributed by atoms with Gasteiger partial charge in [0.25, 0.3) is 0 Å². The zero-order valence-electron chi connectivity index (χ0n) is 18.0. The lowest BCUT2D eigenvalue weighted by molar-refractivity contribution is 0.354. The fraction of sp³-hybridized carbons (Fsp3) is 0.391. The molecule has 0 spiro atoms. The molecule has 0 aliphatic heterocycles. The Morgan fingerprint density at radius 1 is 0.833 bits per heavy atom. The molecule has 0 saturated carbocycles. The molecule has 0 unspecified atom stereocenters. The highest BCUT2D eigenvalue weighted by Gasteiger charge is 2.05. The SMILES string of the molecule is CCNC(=NCCN(C)CCN=C(NCC)c1ccc(I)cc1)c1ccc(Cl)cc1. The predicted octanol–water partition coefficient (Wildman–Crippen LogP) is 4.29. The van der Waals surface area contributed by atoms with E-state index in [1.54, 1.807) is 0 Å². The number of hydrogen-bond acceptors (Lipinski definition) is 3. The Morgan fingerprint density at radius 3 is 1.70 bits per heavy atom. The number of halogens is 2. The van der Waals surface area contributed by atoms with Gasteiger partial charge in [0.1, 0.15) is 11.7 Å². The molecular formula is C23H31ClIN5. The van der Waals surface area contributed by atoms with Gasteiger partial charge in [0.15, 0.2) is 0 Å². The summed E-state index contributed by atoms with van der Waals surface area (Å²) in [5.74, 6) is 1.87. The maximum Gasteiger partial charge on any atom is 0.128 e. The standard InChI is InChI=1S/C23H31ClIN5/c1-4-26-22(18-6-10-20(24)11-7-18)28-14-16-30(3)17-15-29-23(27-5-2)19-8-12-21(25)13-9-19/h6-13H,4-5,14-17H2,1-3H3,(H,26,28)(H,27,29). The third-order valence-electron chi connectivity index (χ3n) is 4.43. The summed E-state index contributed by atoms with van der Waals surface area (Å²) in [7, 11) is 2.11. The lowest BCUT2D eigenvalue weighted by Gasteiger charge is -2.16. The summed E-state index contributed by atoms with van der Waals surface area (Å²) in [5, 5.41) is 7.45. The highest BCUT2D eigenvalue weighted by molar-refractivity contribution is 14.1. The minimum absolute atomic E-state index is 0.725. The fourth-order valence-electron chi connectivity index (χ4n) is 2.83. The minimum Gasteiger partial charge on any atom is -0.370 e. The van der Waals surface area contributed by atoms with E-state index in [-0.39, 0.29) is 0 Å². The molecule has 0 aliphatic rings. The van der Waals surface area contributed by atoms with Crippen molar-refractivity contribution in [2.24, 2.45) is 9.98 Å². The van der Waals surface area contributed by atoms with E-state index >= 15 is 0 Å². The first-order valence-electron chi connectivity index (χ1n) is 10.3. The maximum absolute atomic E-state index is 5.99. The summed E-state index contributed by atoms with van der Waals surface area (Å²) >= 11 is 8.31. The smallest absolute Gasteiger partial charge is 0.128 e. The molecule has 0 bridgehead atoms. The summed E-state index contributed by atoms with van der Waals surface area (Å²) in [6.45, 7) is 9.07. The number of nitrogens with one attached hydrogen (secondary N) is 2. The van der Waals surface area contributed by atoms with Crippen LogP contribution in [-0.4, -0.2) is 62.9 Å². The number of benzene rings is 2. The van der Waals surface area contributed by atoms with Crippen molar-refractivity contribution >= 4 is 45.9 Å². The van der Waals surface area contributed by atoms with Crippen LogP contribution in [0, 0.1) is 3.57 Å². The zero-order chi connectivity index (χ0) is 21.8. The maximum atomic E-state index is 5.99. The number of amidine groups is 2. The molecule has 162 valence electrons. The lowest BCUT2D eigenvalue weighted by atomic mass is 10.2. The molecule has 0 atom stereocenters. The number of nitrogens with zero attached hydrogens (tertiary/aromatic N) is 3. The monoisotopic (exact) mass is 539 g/mol. The quantitative estimate of drug-likeness (QED) is 0.269. The van der Waals surface area contributed by atoms with Crippen molar-refractivity contribution in [2.75, 3.05) is 46.3 Å². The van der Waals surface area contributed by atoms with Gasteiger partial charge in [0, 0.05) is 45.9 Å². The van der Waals surface area contributed by atoms with Crippen LogP contribution in [-0.2, 0) is 0 Å². The Morgan fingerprint density at radius 2 is 1.27 bits per heavy atom. The van der Waals surface area contributed by atoms with Gasteiger partial charge in [-0.25, -0.2) is 0 Å². The average Bonchev–Trinajstić information content (AvgIpc) is 2.74. The zero-order valence-corrected chi connectivity index (χ0v) is 20.9. The Bertz CT molecular complexity index is 749. The molecule has 0 heterocycles. The van der Waals surface area contributed by atoms with Gasteiger partial charge in [-0.3, -0.25) is 9.98 Å². The summed E-state index contributed by atoms with van der Waals surface area (Å²) in [6, 6.07) is 16.2. The third kappa shape index (κ3) is 8.62. The highest BCUT2D eigenvalue weighted by Crippen LogP contribution is 2.10. The highest BCUT2D eigenvalue weighted by atomic mass is 127. The van der Waals surface area contributed by atoms with Crippen molar-refractivity contribution in [3.05, 3.63) is 68.3 Å². The molecule has 2 aromatic carbocycles. The number of rotatable bonds is 10. The van der Waals surface area contributed by atoms with Gasteiger partial charge in [0.2, 0.25) is 0 Å². The Hall–Kier alpha value is -1.64. The van der Waals surface area contributed by atoms with Crippen LogP contribution in [0.25, 0.3) is 0 Å². The fourth-order valence-corrected chi connectivity index (χ4v) is 3.31. The second-order valence-corrected chi connectivity index (χ2v) is 8.52. The van der Waals surface area contributed by atoms with E-state index in [1.165, 1.54) is 3.57 Å². The predicted molar refractivity (Wildman–Crippen MR) is 138 cm³/mol. The van der Waals surface area contributed by atoms with E-state index in [9.17, 15) is 0 Å². The van der Waals surface area contributed by atoms with Crippen LogP contribution in [0.1, 0.15) is 25.0 Å². The van der Waals surface area contributed by atoms with Crippen LogP contribution >= 0.6 is 34.2 Å². The first-order valence-corrected chi connectivity index (χ1v) is 11.8. The summed E-state index contributed by atoms with van der Waals surface area (Å²) < 4.78 is 1.23. The van der Waals surface area contributed by atoms with E-state index in [4.69, 9.17) is 21.6 Å². The molecular weight excluding hydrogens is 509 g/mol. The van der Waals surface area contributed by atoms with Gasteiger partial charge in [0.05, 0.1) is 13.1 Å². The average molecular weight is 540 g/mol. The largest absolute Gasteiger partial charge is 0.370 e. The molecule has 0 aliphatic carbocycles. The van der Waals surface area contributed by atoms with Crippen LogP contribution < -0.4 is 10.6 Å². The van der Waals surface area contributed by atoms with Crippen molar-refractivity contribution in [1.29, 1.82) is 0 Å². The molecule has 2 N–H and O–H groups in total. The van der Waals surface area contributed by atoms with Gasteiger partial charge in [-0.15, -0.1) is 0 Å². The number of likely N-dealkylation sites (N-methyl/N-ethyl adjacent to an activating group) is 1. The molecule has 0 amide bonds. The van der Waals surface area contributed by atoms with Crippen LogP contribution in [0.4, 0.5) is 0 Å². The van der Waals surface area contributed by atoms with Crippen molar-refractivity contribution in [3.8, 4) is 0 Å². The van der Waals surface area contributed by atoms with E-state index in [0.717, 1.165) is 67.1 Å². The molecule has 0 radical (unpaired) electrons. The van der Waals surface area contributed by atoms with E-state index < -0.39 is 0 Å². The van der Waals surface area contributed by atoms with Gasteiger partial charge in [-0.2, -0.15) is 0 Å². The topological polar surface area (TPSA) is 52.0 Å². The van der Waals surface area contributed by atoms with Crippen molar-refractivity contribution < 1.29 is 0 Å². The number of hydrogen-bond donors (Lipinski definition) is 2. The molecule has 5 nitrogen and oxygen atoms in total. The molecule has 2 rings (SSSR count). The second-order valence-electron chi connectivity index (χ2n) is 6.84. The van der Waals surface area contributed by atoms with Crippen molar-refractivity contribution in [3.63, 3.8) is 0 Å². The van der Waals surface area contributed by atoms with Crippen molar-refractivity contribution in [2.45, 2.75) is 13.8 Å². The lowest BCUT2D eigenvalue weighted by Crippen LogP contribution is -2.29. The minimum atomic E-state index is 0.725. The molecule has 0 aromatic heterocycles. The van der Waals surface area contributed by atoms with Crippen LogP contribution in [0.3, 0.4) is 0 Å². The van der Waals surface area contributed by atoms with Crippen LogP contribution in [0.15, 0.2) is 58.5 Å². The van der Waals surface area contributed by atoms with Gasteiger partial charge < -0.3 is 15.5 Å². The number of aliphatic imine (C=N–C) groups is 2. The summed E-state index contributed by atoms with van der Waals surface area (Å²) in [6.07, 6.45) is 0. The third-order valence-corrected chi connectivity index (χ3v) is 5.40. The van der Waals surface area contributed by atoms with Crippen LogP contribution in [0.5, 0.6) is 0 Å².